The zero-order valence-electron chi connectivity index (χ0n) is 12.0. The molecule has 2 rings (SSSR count). The first-order valence-corrected chi connectivity index (χ1v) is 6.75. The van der Waals surface area contributed by atoms with Crippen LogP contribution in [0.2, 0.25) is 5.02 Å². The predicted octanol–water partition coefficient (Wildman–Crippen LogP) is 4.41. The third-order valence-electron chi connectivity index (χ3n) is 3.22. The van der Waals surface area contributed by atoms with E-state index in [0.717, 1.165) is 16.9 Å². The quantitative estimate of drug-likeness (QED) is 0.878. The highest BCUT2D eigenvalue weighted by molar-refractivity contribution is 6.31. The third kappa shape index (κ3) is 3.28. The molecule has 2 aromatic rings. The molecule has 4 nitrogen and oxygen atoms in total. The van der Waals surface area contributed by atoms with Crippen molar-refractivity contribution in [2.45, 2.75) is 13.8 Å². The average molecular weight is 306 g/mol. The topological polar surface area (TPSA) is 58.6 Å². The lowest BCUT2D eigenvalue weighted by Gasteiger charge is -2.14. The monoisotopic (exact) mass is 305 g/mol. The minimum atomic E-state index is -0.932. The Labute approximate surface area is 128 Å². The number of anilines is 2. The molecule has 21 heavy (non-hydrogen) atoms. The minimum absolute atomic E-state index is 0.291. The Balaban J connectivity index is 2.36. The SMILES string of the molecule is COc1cc(Cl)c(C)cc1Nc1ccc(C(=O)O)c(C)c1. The lowest BCUT2D eigenvalue weighted by molar-refractivity contribution is 0.0696. The standard InChI is InChI=1S/C16H16ClNO3/c1-9-6-11(4-5-12(9)16(19)20)18-14-7-10(2)13(17)8-15(14)21-3/h4-8,18H,1-3H3,(H,19,20). The molecule has 2 aromatic carbocycles. The summed E-state index contributed by atoms with van der Waals surface area (Å²) in [7, 11) is 1.57. The second kappa shape index (κ2) is 6.06. The van der Waals surface area contributed by atoms with Gasteiger partial charge >= 0.3 is 5.97 Å². The Kier molecular flexibility index (Phi) is 4.38. The second-order valence-corrected chi connectivity index (χ2v) is 5.17. The van der Waals surface area contributed by atoms with Crippen molar-refractivity contribution >= 4 is 28.9 Å². The zero-order valence-corrected chi connectivity index (χ0v) is 12.8. The molecule has 0 saturated carbocycles. The molecule has 0 amide bonds. The normalized spacial score (nSPS) is 10.3. The van der Waals surface area contributed by atoms with Gasteiger partial charge in [-0.2, -0.15) is 0 Å². The Bertz CT molecular complexity index is 698. The van der Waals surface area contributed by atoms with Crippen molar-refractivity contribution in [3.63, 3.8) is 0 Å². The van der Waals surface area contributed by atoms with Crippen LogP contribution in [0.3, 0.4) is 0 Å². The number of ether oxygens (including phenoxy) is 1. The van der Waals surface area contributed by atoms with E-state index < -0.39 is 5.97 Å². The molecule has 0 fully saturated rings. The maximum absolute atomic E-state index is 11.0. The van der Waals surface area contributed by atoms with Gasteiger partial charge in [0.05, 0.1) is 18.4 Å². The van der Waals surface area contributed by atoms with Crippen LogP contribution >= 0.6 is 11.6 Å². The van der Waals surface area contributed by atoms with E-state index in [1.807, 2.05) is 13.0 Å². The van der Waals surface area contributed by atoms with Crippen molar-refractivity contribution < 1.29 is 14.6 Å². The summed E-state index contributed by atoms with van der Waals surface area (Å²) < 4.78 is 5.30. The maximum atomic E-state index is 11.0. The summed E-state index contributed by atoms with van der Waals surface area (Å²) in [6.07, 6.45) is 0. The van der Waals surface area contributed by atoms with Crippen molar-refractivity contribution in [2.24, 2.45) is 0 Å². The molecule has 0 unspecified atom stereocenters. The number of rotatable bonds is 4. The lowest BCUT2D eigenvalue weighted by Crippen LogP contribution is -2.01. The van der Waals surface area contributed by atoms with Crippen LogP contribution in [-0.4, -0.2) is 18.2 Å². The molecule has 0 saturated heterocycles. The van der Waals surface area contributed by atoms with Gasteiger partial charge in [0.1, 0.15) is 5.75 Å². The number of carbonyl (C=O) groups is 1. The molecule has 0 aliphatic heterocycles. The Morgan fingerprint density at radius 1 is 1.19 bits per heavy atom. The fraction of sp³-hybridized carbons (Fsp3) is 0.188. The molecule has 0 heterocycles. The van der Waals surface area contributed by atoms with Crippen LogP contribution in [0.5, 0.6) is 5.75 Å². The van der Waals surface area contributed by atoms with E-state index in [4.69, 9.17) is 21.4 Å². The first-order chi connectivity index (χ1) is 9.92. The fourth-order valence-corrected chi connectivity index (χ4v) is 2.22. The van der Waals surface area contributed by atoms with E-state index in [1.54, 1.807) is 38.3 Å². The van der Waals surface area contributed by atoms with Gasteiger partial charge in [-0.25, -0.2) is 4.79 Å². The number of aryl methyl sites for hydroxylation is 2. The zero-order chi connectivity index (χ0) is 15.6. The molecular weight excluding hydrogens is 290 g/mol. The number of halogens is 1. The van der Waals surface area contributed by atoms with E-state index in [1.165, 1.54) is 0 Å². The molecule has 5 heteroatoms. The largest absolute Gasteiger partial charge is 0.495 e. The summed E-state index contributed by atoms with van der Waals surface area (Å²) in [5.74, 6) is -0.301. The number of methoxy groups -OCH3 is 1. The highest BCUT2D eigenvalue weighted by Crippen LogP contribution is 2.33. The van der Waals surface area contributed by atoms with Crippen molar-refractivity contribution in [1.29, 1.82) is 0 Å². The summed E-state index contributed by atoms with van der Waals surface area (Å²) in [6.45, 7) is 3.67. The number of hydrogen-bond acceptors (Lipinski definition) is 3. The second-order valence-electron chi connectivity index (χ2n) is 4.76. The highest BCUT2D eigenvalue weighted by Gasteiger charge is 2.10. The summed E-state index contributed by atoms with van der Waals surface area (Å²) in [4.78, 5) is 11.0. The summed E-state index contributed by atoms with van der Waals surface area (Å²) in [6, 6.07) is 8.72. The molecular formula is C16H16ClNO3. The van der Waals surface area contributed by atoms with E-state index in [9.17, 15) is 4.79 Å². The van der Waals surface area contributed by atoms with E-state index >= 15 is 0 Å². The Hall–Kier alpha value is -2.20. The first-order valence-electron chi connectivity index (χ1n) is 6.37. The van der Waals surface area contributed by atoms with E-state index in [0.29, 0.717) is 21.9 Å². The third-order valence-corrected chi connectivity index (χ3v) is 3.62. The summed E-state index contributed by atoms with van der Waals surface area (Å²) in [5, 5.41) is 12.9. The maximum Gasteiger partial charge on any atom is 0.335 e. The van der Waals surface area contributed by atoms with Gasteiger partial charge in [-0.15, -0.1) is 0 Å². The van der Waals surface area contributed by atoms with Gasteiger partial charge < -0.3 is 15.2 Å². The van der Waals surface area contributed by atoms with Gasteiger partial charge in [0, 0.05) is 16.8 Å². The molecule has 0 radical (unpaired) electrons. The van der Waals surface area contributed by atoms with Crippen LogP contribution in [0.4, 0.5) is 11.4 Å². The average Bonchev–Trinajstić information content (AvgIpc) is 2.42. The number of carboxylic acids is 1. The predicted molar refractivity (Wildman–Crippen MR) is 84.2 cm³/mol. The molecule has 0 spiro atoms. The number of aromatic carboxylic acids is 1. The van der Waals surface area contributed by atoms with Crippen LogP contribution in [0.1, 0.15) is 21.5 Å². The molecule has 110 valence electrons. The van der Waals surface area contributed by atoms with Gasteiger partial charge in [0.15, 0.2) is 0 Å². The molecule has 0 aliphatic rings. The van der Waals surface area contributed by atoms with E-state index in [2.05, 4.69) is 5.32 Å². The highest BCUT2D eigenvalue weighted by atomic mass is 35.5. The molecule has 0 atom stereocenters. The molecule has 2 N–H and O–H groups in total. The van der Waals surface area contributed by atoms with Gasteiger partial charge in [-0.3, -0.25) is 0 Å². The van der Waals surface area contributed by atoms with Crippen molar-refractivity contribution in [3.8, 4) is 5.75 Å². The number of hydrogen-bond donors (Lipinski definition) is 2. The van der Waals surface area contributed by atoms with Crippen LogP contribution < -0.4 is 10.1 Å². The molecule has 0 bridgehead atoms. The van der Waals surface area contributed by atoms with Gasteiger partial charge in [0.2, 0.25) is 0 Å². The fourth-order valence-electron chi connectivity index (χ4n) is 2.07. The van der Waals surface area contributed by atoms with Crippen molar-refractivity contribution in [1.82, 2.24) is 0 Å². The van der Waals surface area contributed by atoms with Crippen molar-refractivity contribution in [2.75, 3.05) is 12.4 Å². The van der Waals surface area contributed by atoms with Crippen molar-refractivity contribution in [3.05, 3.63) is 52.0 Å². The Morgan fingerprint density at radius 3 is 2.48 bits per heavy atom. The first kappa shape index (κ1) is 15.2. The summed E-state index contributed by atoms with van der Waals surface area (Å²) in [5.41, 5.74) is 3.48. The minimum Gasteiger partial charge on any atom is -0.495 e. The van der Waals surface area contributed by atoms with Gasteiger partial charge in [-0.1, -0.05) is 11.6 Å². The van der Waals surface area contributed by atoms with Crippen LogP contribution in [0.15, 0.2) is 30.3 Å². The van der Waals surface area contributed by atoms with Gasteiger partial charge in [0.25, 0.3) is 0 Å². The number of nitrogens with one attached hydrogen (secondary N) is 1. The lowest BCUT2D eigenvalue weighted by atomic mass is 10.1. The smallest absolute Gasteiger partial charge is 0.335 e. The molecule has 0 aliphatic carbocycles. The van der Waals surface area contributed by atoms with Crippen LogP contribution in [0, 0.1) is 13.8 Å². The number of carboxylic acid groups (broad SMARTS) is 1. The van der Waals surface area contributed by atoms with Crippen LogP contribution in [-0.2, 0) is 0 Å². The molecule has 0 aromatic heterocycles. The Morgan fingerprint density at radius 2 is 1.90 bits per heavy atom. The summed E-state index contributed by atoms with van der Waals surface area (Å²) >= 11 is 6.08. The number of benzene rings is 2. The van der Waals surface area contributed by atoms with Crippen LogP contribution in [0.25, 0.3) is 0 Å². The van der Waals surface area contributed by atoms with E-state index in [-0.39, 0.29) is 0 Å². The van der Waals surface area contributed by atoms with Gasteiger partial charge in [-0.05, 0) is 49.2 Å².